The molecule has 4 atom stereocenters. The Morgan fingerprint density at radius 3 is 2.58 bits per heavy atom. The van der Waals surface area contributed by atoms with Crippen LogP contribution in [0.4, 0.5) is 0 Å². The molecule has 134 valence electrons. The highest BCUT2D eigenvalue weighted by molar-refractivity contribution is 5.85. The SMILES string of the molecule is CCC(c1ccccc1)C1CCCN1C(=O)C[C@@H]1CCC[C@H]1N.Cl. The van der Waals surface area contributed by atoms with Crippen LogP contribution in [0.2, 0.25) is 0 Å². The van der Waals surface area contributed by atoms with E-state index >= 15 is 0 Å². The summed E-state index contributed by atoms with van der Waals surface area (Å²) in [5.74, 6) is 1.20. The largest absolute Gasteiger partial charge is 0.339 e. The minimum Gasteiger partial charge on any atom is -0.339 e. The standard InChI is InChI=1S/C20H30N2O.ClH/c1-2-17(15-8-4-3-5-9-15)19-12-7-13-22(19)20(23)14-16-10-6-11-18(16)21;/h3-5,8-9,16-19H,2,6-7,10-14,21H2,1H3;1H/t16-,17?,18+,19?;/m0./s1. The third-order valence-electron chi connectivity index (χ3n) is 5.91. The zero-order valence-electron chi connectivity index (χ0n) is 14.7. The van der Waals surface area contributed by atoms with Crippen molar-refractivity contribution in [3.05, 3.63) is 35.9 Å². The molecule has 1 aromatic rings. The average Bonchev–Trinajstić information content (AvgIpc) is 3.19. The Balaban J connectivity index is 0.00000208. The van der Waals surface area contributed by atoms with Crippen LogP contribution in [0.3, 0.4) is 0 Å². The molecular formula is C20H31ClN2O. The summed E-state index contributed by atoms with van der Waals surface area (Å²) in [7, 11) is 0. The lowest BCUT2D eigenvalue weighted by Crippen LogP contribution is -2.41. The van der Waals surface area contributed by atoms with Crippen molar-refractivity contribution in [1.82, 2.24) is 4.90 Å². The van der Waals surface area contributed by atoms with Gasteiger partial charge in [-0.05, 0) is 43.6 Å². The van der Waals surface area contributed by atoms with Crippen molar-refractivity contribution in [2.24, 2.45) is 11.7 Å². The monoisotopic (exact) mass is 350 g/mol. The molecule has 2 fully saturated rings. The minimum absolute atomic E-state index is 0. The number of halogens is 1. The van der Waals surface area contributed by atoms with Crippen LogP contribution in [-0.4, -0.2) is 29.4 Å². The number of carbonyl (C=O) groups excluding carboxylic acids is 1. The summed E-state index contributed by atoms with van der Waals surface area (Å²) < 4.78 is 0. The van der Waals surface area contributed by atoms with Crippen LogP contribution in [-0.2, 0) is 4.79 Å². The minimum atomic E-state index is 0. The van der Waals surface area contributed by atoms with E-state index in [1.807, 2.05) is 0 Å². The van der Waals surface area contributed by atoms with E-state index in [2.05, 4.69) is 42.2 Å². The Kier molecular flexibility index (Phi) is 7.12. The predicted molar refractivity (Wildman–Crippen MR) is 101 cm³/mol. The van der Waals surface area contributed by atoms with E-state index in [1.165, 1.54) is 12.0 Å². The predicted octanol–water partition coefficient (Wildman–Crippen LogP) is 4.11. The Bertz CT molecular complexity index is 522. The van der Waals surface area contributed by atoms with Gasteiger partial charge in [-0.15, -0.1) is 12.4 Å². The van der Waals surface area contributed by atoms with Crippen molar-refractivity contribution in [1.29, 1.82) is 0 Å². The van der Waals surface area contributed by atoms with Gasteiger partial charge in [-0.3, -0.25) is 4.79 Å². The topological polar surface area (TPSA) is 46.3 Å². The maximum absolute atomic E-state index is 12.9. The van der Waals surface area contributed by atoms with Gasteiger partial charge in [-0.1, -0.05) is 43.7 Å². The van der Waals surface area contributed by atoms with Gasteiger partial charge in [0.05, 0.1) is 0 Å². The highest BCUT2D eigenvalue weighted by Crippen LogP contribution is 2.35. The van der Waals surface area contributed by atoms with Crippen molar-refractivity contribution in [2.45, 2.75) is 69.9 Å². The van der Waals surface area contributed by atoms with Crippen LogP contribution in [0.25, 0.3) is 0 Å². The van der Waals surface area contributed by atoms with E-state index in [4.69, 9.17) is 5.73 Å². The molecule has 24 heavy (non-hydrogen) atoms. The van der Waals surface area contributed by atoms with E-state index in [-0.39, 0.29) is 18.4 Å². The van der Waals surface area contributed by atoms with Crippen molar-refractivity contribution in [3.8, 4) is 0 Å². The number of hydrogen-bond donors (Lipinski definition) is 1. The first-order valence-electron chi connectivity index (χ1n) is 9.30. The number of rotatable bonds is 5. The van der Waals surface area contributed by atoms with Crippen molar-refractivity contribution >= 4 is 18.3 Å². The summed E-state index contributed by atoms with van der Waals surface area (Å²) in [5.41, 5.74) is 7.54. The van der Waals surface area contributed by atoms with Gasteiger partial charge in [-0.25, -0.2) is 0 Å². The van der Waals surface area contributed by atoms with Crippen molar-refractivity contribution in [3.63, 3.8) is 0 Å². The number of carbonyl (C=O) groups is 1. The molecule has 0 radical (unpaired) electrons. The zero-order chi connectivity index (χ0) is 16.2. The molecule has 0 spiro atoms. The lowest BCUT2D eigenvalue weighted by molar-refractivity contribution is -0.133. The highest BCUT2D eigenvalue weighted by atomic mass is 35.5. The van der Waals surface area contributed by atoms with Crippen LogP contribution >= 0.6 is 12.4 Å². The summed E-state index contributed by atoms with van der Waals surface area (Å²) in [6.45, 7) is 3.17. The fourth-order valence-corrected chi connectivity index (χ4v) is 4.61. The highest BCUT2D eigenvalue weighted by Gasteiger charge is 2.36. The molecule has 3 rings (SSSR count). The van der Waals surface area contributed by atoms with Crippen LogP contribution < -0.4 is 5.73 Å². The summed E-state index contributed by atoms with van der Waals surface area (Å²) >= 11 is 0. The Morgan fingerprint density at radius 2 is 1.96 bits per heavy atom. The first-order valence-corrected chi connectivity index (χ1v) is 9.30. The van der Waals surface area contributed by atoms with E-state index in [0.29, 0.717) is 30.2 Å². The van der Waals surface area contributed by atoms with Gasteiger partial charge in [0.1, 0.15) is 0 Å². The molecule has 4 heteroatoms. The fourth-order valence-electron chi connectivity index (χ4n) is 4.61. The van der Waals surface area contributed by atoms with Gasteiger partial charge in [0.25, 0.3) is 0 Å². The first kappa shape index (κ1) is 19.3. The second kappa shape index (κ2) is 8.87. The summed E-state index contributed by atoms with van der Waals surface area (Å²) in [5, 5.41) is 0. The Morgan fingerprint density at radius 1 is 1.21 bits per heavy atom. The van der Waals surface area contributed by atoms with Gasteiger partial charge < -0.3 is 10.6 Å². The average molecular weight is 351 g/mol. The van der Waals surface area contributed by atoms with E-state index in [9.17, 15) is 4.79 Å². The molecule has 1 saturated carbocycles. The van der Waals surface area contributed by atoms with Crippen LogP contribution in [0.1, 0.15) is 63.4 Å². The fraction of sp³-hybridized carbons (Fsp3) is 0.650. The van der Waals surface area contributed by atoms with E-state index in [1.54, 1.807) is 0 Å². The first-order chi connectivity index (χ1) is 11.2. The normalized spacial score (nSPS) is 27.8. The Hall–Kier alpha value is -1.06. The lowest BCUT2D eigenvalue weighted by Gasteiger charge is -2.32. The molecule has 0 aromatic heterocycles. The lowest BCUT2D eigenvalue weighted by atomic mass is 9.87. The van der Waals surface area contributed by atoms with Gasteiger partial charge in [0.15, 0.2) is 0 Å². The summed E-state index contributed by atoms with van der Waals surface area (Å²) in [4.78, 5) is 15.1. The number of nitrogens with two attached hydrogens (primary N) is 1. The molecule has 0 bridgehead atoms. The molecule has 1 aromatic carbocycles. The summed E-state index contributed by atoms with van der Waals surface area (Å²) in [6, 6.07) is 11.3. The van der Waals surface area contributed by atoms with E-state index < -0.39 is 0 Å². The summed E-state index contributed by atoms with van der Waals surface area (Å²) in [6.07, 6.45) is 7.41. The molecule has 3 nitrogen and oxygen atoms in total. The van der Waals surface area contributed by atoms with Crippen LogP contribution in [0, 0.1) is 5.92 Å². The van der Waals surface area contributed by atoms with E-state index in [0.717, 1.165) is 38.6 Å². The molecule has 1 aliphatic heterocycles. The van der Waals surface area contributed by atoms with Gasteiger partial charge in [-0.2, -0.15) is 0 Å². The maximum Gasteiger partial charge on any atom is 0.223 e. The molecule has 2 unspecified atom stereocenters. The van der Waals surface area contributed by atoms with Crippen molar-refractivity contribution in [2.75, 3.05) is 6.54 Å². The molecule has 1 heterocycles. The third kappa shape index (κ3) is 4.12. The molecule has 1 aliphatic carbocycles. The number of likely N-dealkylation sites (tertiary alicyclic amines) is 1. The third-order valence-corrected chi connectivity index (χ3v) is 5.91. The molecule has 1 amide bonds. The Labute approximate surface area is 152 Å². The number of nitrogens with zero attached hydrogens (tertiary/aromatic N) is 1. The molecule has 2 aliphatic rings. The second-order valence-electron chi connectivity index (χ2n) is 7.28. The van der Waals surface area contributed by atoms with Crippen LogP contribution in [0.15, 0.2) is 30.3 Å². The zero-order valence-corrected chi connectivity index (χ0v) is 15.5. The molecular weight excluding hydrogens is 320 g/mol. The van der Waals surface area contributed by atoms with Gasteiger partial charge >= 0.3 is 0 Å². The number of amides is 1. The van der Waals surface area contributed by atoms with Crippen molar-refractivity contribution < 1.29 is 4.79 Å². The maximum atomic E-state index is 12.9. The number of hydrogen-bond acceptors (Lipinski definition) is 2. The van der Waals surface area contributed by atoms with Gasteiger partial charge in [0, 0.05) is 31.0 Å². The van der Waals surface area contributed by atoms with Gasteiger partial charge in [0.2, 0.25) is 5.91 Å². The quantitative estimate of drug-likeness (QED) is 0.868. The second-order valence-corrected chi connectivity index (χ2v) is 7.28. The number of benzene rings is 1. The van der Waals surface area contributed by atoms with Crippen LogP contribution in [0.5, 0.6) is 0 Å². The smallest absolute Gasteiger partial charge is 0.223 e. The molecule has 2 N–H and O–H groups in total. The molecule has 1 saturated heterocycles.